The van der Waals surface area contributed by atoms with Crippen LogP contribution < -0.4 is 15.0 Å². The molecular weight excluding hydrogens is 653 g/mol. The molecule has 1 aromatic carbocycles. The summed E-state index contributed by atoms with van der Waals surface area (Å²) in [5, 5.41) is 12.4. The van der Waals surface area contributed by atoms with Crippen molar-refractivity contribution >= 4 is 45.1 Å². The first kappa shape index (κ1) is 34.1. The van der Waals surface area contributed by atoms with E-state index in [-0.39, 0.29) is 5.75 Å². The Labute approximate surface area is 279 Å². The third kappa shape index (κ3) is 10.4. The number of carboxylic acid groups (broad SMARTS) is 1. The molecule has 2 aromatic heterocycles. The zero-order valence-electron chi connectivity index (χ0n) is 25.7. The van der Waals surface area contributed by atoms with E-state index in [1.165, 1.54) is 6.26 Å². The fourth-order valence-corrected chi connectivity index (χ4v) is 6.94. The molecule has 4 heterocycles. The molecule has 0 spiro atoms. The quantitative estimate of drug-likeness (QED) is 0.274. The zero-order chi connectivity index (χ0) is 32.7. The fraction of sp³-hybridized carbons (Fsp3) is 0.484. The van der Waals surface area contributed by atoms with Gasteiger partial charge in [-0.05, 0) is 74.6 Å². The molecule has 3 aromatic rings. The van der Waals surface area contributed by atoms with E-state index in [1.807, 2.05) is 24.3 Å². The van der Waals surface area contributed by atoms with Crippen molar-refractivity contribution in [3.63, 3.8) is 0 Å². The van der Waals surface area contributed by atoms with Crippen molar-refractivity contribution in [2.24, 2.45) is 5.92 Å². The second-order valence-electron chi connectivity index (χ2n) is 11.9. The van der Waals surface area contributed by atoms with Crippen LogP contribution in [0.5, 0.6) is 11.6 Å². The molecule has 1 amide bonds. The molecule has 2 aliphatic rings. The summed E-state index contributed by atoms with van der Waals surface area (Å²) in [5.74, 6) is 1.99. The van der Waals surface area contributed by atoms with Crippen molar-refractivity contribution in [1.82, 2.24) is 30.1 Å². The van der Waals surface area contributed by atoms with Gasteiger partial charge in [0.15, 0.2) is 5.75 Å². The summed E-state index contributed by atoms with van der Waals surface area (Å²) < 4.78 is 29.0. The normalized spacial score (nSPS) is 16.8. The summed E-state index contributed by atoms with van der Waals surface area (Å²) in [7, 11) is -2.94. The molecule has 0 saturated carbocycles. The van der Waals surface area contributed by atoms with Crippen molar-refractivity contribution in [1.29, 1.82) is 0 Å². The number of carbonyl (C=O) groups is 1. The Balaban J connectivity index is 1.24. The number of hydrogen-bond acceptors (Lipinski definition) is 10. The Bertz CT molecular complexity index is 1580. The lowest BCUT2D eigenvalue weighted by Gasteiger charge is -2.34. The predicted octanol–water partition coefficient (Wildman–Crippen LogP) is 4.67. The smallest absolute Gasteiger partial charge is 0.404 e. The third-order valence-electron chi connectivity index (χ3n) is 8.16. The van der Waals surface area contributed by atoms with Gasteiger partial charge in [-0.1, -0.05) is 23.2 Å². The topological polar surface area (TPSA) is 141 Å². The van der Waals surface area contributed by atoms with Gasteiger partial charge in [0, 0.05) is 67.2 Å². The number of piperidine rings is 1. The highest BCUT2D eigenvalue weighted by atomic mass is 35.5. The lowest BCUT2D eigenvalue weighted by molar-refractivity contribution is 0.166. The maximum absolute atomic E-state index is 11.4. The zero-order valence-corrected chi connectivity index (χ0v) is 28.1. The van der Waals surface area contributed by atoms with Gasteiger partial charge in [-0.25, -0.2) is 28.2 Å². The molecule has 2 fully saturated rings. The molecule has 2 saturated heterocycles. The number of nitrogens with one attached hydrogen (secondary N) is 1. The van der Waals surface area contributed by atoms with Crippen molar-refractivity contribution < 1.29 is 23.1 Å². The van der Waals surface area contributed by atoms with Crippen molar-refractivity contribution in [2.75, 3.05) is 69.3 Å². The van der Waals surface area contributed by atoms with Crippen LogP contribution in [0.3, 0.4) is 0 Å². The van der Waals surface area contributed by atoms with Crippen molar-refractivity contribution in [2.45, 2.75) is 25.8 Å². The molecule has 5 rings (SSSR count). The van der Waals surface area contributed by atoms with Crippen LogP contribution in [0.1, 0.15) is 24.8 Å². The number of pyridine rings is 1. The lowest BCUT2D eigenvalue weighted by atomic mass is 9.96. The van der Waals surface area contributed by atoms with Crippen LogP contribution in [0.15, 0.2) is 42.7 Å². The maximum Gasteiger partial charge on any atom is 0.404 e. The van der Waals surface area contributed by atoms with Gasteiger partial charge in [-0.15, -0.1) is 0 Å². The van der Waals surface area contributed by atoms with Gasteiger partial charge in [0.05, 0.1) is 23.8 Å². The van der Waals surface area contributed by atoms with E-state index in [0.29, 0.717) is 58.7 Å². The summed E-state index contributed by atoms with van der Waals surface area (Å²) >= 11 is 12.6. The second kappa shape index (κ2) is 15.6. The van der Waals surface area contributed by atoms with Gasteiger partial charge >= 0.3 is 6.09 Å². The van der Waals surface area contributed by atoms with E-state index < -0.39 is 15.9 Å². The van der Waals surface area contributed by atoms with E-state index in [4.69, 9.17) is 38.0 Å². The molecule has 0 unspecified atom stereocenters. The number of piperazine rings is 1. The summed E-state index contributed by atoms with van der Waals surface area (Å²) in [6, 6.07) is 9.22. The van der Waals surface area contributed by atoms with E-state index in [2.05, 4.69) is 30.0 Å². The van der Waals surface area contributed by atoms with Gasteiger partial charge in [0.1, 0.15) is 9.84 Å². The summed E-state index contributed by atoms with van der Waals surface area (Å²) in [6.07, 6.45) is 6.02. The molecule has 0 bridgehead atoms. The number of nitrogens with zero attached hydrogens (tertiary/aromatic N) is 6. The molecule has 2 aliphatic heterocycles. The average Bonchev–Trinajstić information content (AvgIpc) is 3.00. The van der Waals surface area contributed by atoms with Crippen LogP contribution in [0, 0.1) is 5.92 Å². The van der Waals surface area contributed by atoms with Crippen LogP contribution in [0.2, 0.25) is 10.0 Å². The molecule has 2 N–H and O–H groups in total. The second-order valence-corrected chi connectivity index (χ2v) is 15.0. The van der Waals surface area contributed by atoms with Crippen molar-refractivity contribution in [3.8, 4) is 22.9 Å². The highest BCUT2D eigenvalue weighted by molar-refractivity contribution is 7.90. The SMILES string of the molecule is CS(=O)(=O)CCCN1CCN(c2ncc(Oc3cc(CN4CCC(CNC(=O)O)CC4)cc(-c4cc(Cl)cc(Cl)c4)n3)cn2)CC1. The van der Waals surface area contributed by atoms with E-state index >= 15 is 0 Å². The molecule has 0 aliphatic carbocycles. The monoisotopic (exact) mass is 691 g/mol. The van der Waals surface area contributed by atoms with Gasteiger partial charge in [0.2, 0.25) is 11.8 Å². The number of hydrogen-bond donors (Lipinski definition) is 2. The van der Waals surface area contributed by atoms with Gasteiger partial charge in [-0.2, -0.15) is 0 Å². The molecule has 15 heteroatoms. The Morgan fingerprint density at radius 1 is 0.978 bits per heavy atom. The number of amides is 1. The van der Waals surface area contributed by atoms with Crippen molar-refractivity contribution in [3.05, 3.63) is 58.3 Å². The maximum atomic E-state index is 11.4. The number of anilines is 1. The minimum absolute atomic E-state index is 0.205. The first-order valence-electron chi connectivity index (χ1n) is 15.3. The summed E-state index contributed by atoms with van der Waals surface area (Å²) in [6.45, 7) is 6.75. The Hall–Kier alpha value is -3.23. The lowest BCUT2D eigenvalue weighted by Crippen LogP contribution is -2.47. The number of rotatable bonds is 12. The summed E-state index contributed by atoms with van der Waals surface area (Å²) in [4.78, 5) is 31.4. The third-order valence-corrected chi connectivity index (χ3v) is 9.62. The van der Waals surface area contributed by atoms with Crippen LogP contribution in [0.25, 0.3) is 11.3 Å². The predicted molar refractivity (Wildman–Crippen MR) is 179 cm³/mol. The van der Waals surface area contributed by atoms with Crippen LogP contribution in [-0.2, 0) is 16.4 Å². The highest BCUT2D eigenvalue weighted by Crippen LogP contribution is 2.31. The van der Waals surface area contributed by atoms with Gasteiger partial charge < -0.3 is 20.1 Å². The first-order valence-corrected chi connectivity index (χ1v) is 18.1. The van der Waals surface area contributed by atoms with E-state index in [9.17, 15) is 13.2 Å². The Morgan fingerprint density at radius 3 is 2.28 bits per heavy atom. The molecular formula is C31H39Cl2N7O5S. The fourth-order valence-electron chi connectivity index (χ4n) is 5.76. The largest absolute Gasteiger partial charge is 0.465 e. The molecule has 46 heavy (non-hydrogen) atoms. The number of benzene rings is 1. The number of ether oxygens (including phenoxy) is 1. The van der Waals surface area contributed by atoms with E-state index in [1.54, 1.807) is 18.5 Å². The number of halogens is 2. The van der Waals surface area contributed by atoms with Crippen LogP contribution >= 0.6 is 23.2 Å². The van der Waals surface area contributed by atoms with Crippen LogP contribution in [-0.4, -0.2) is 109 Å². The minimum atomic E-state index is -2.94. The molecule has 248 valence electrons. The standard InChI is InChI=1S/C31H39Cl2N7O5S/c1-46(43,44)12-2-5-38-8-10-40(11-9-38)30-34-19-27(20-35-30)45-29-14-23(13-28(37-29)24-15-25(32)17-26(33)16-24)21-39-6-3-22(4-7-39)18-36-31(41)42/h13-17,19-20,22,36H,2-12,18,21H2,1H3,(H,41,42). The average molecular weight is 693 g/mol. The van der Waals surface area contributed by atoms with E-state index in [0.717, 1.165) is 69.8 Å². The number of aromatic nitrogens is 3. The molecule has 0 atom stereocenters. The van der Waals surface area contributed by atoms with Gasteiger partial charge in [-0.3, -0.25) is 9.80 Å². The summed E-state index contributed by atoms with van der Waals surface area (Å²) in [5.41, 5.74) is 2.44. The molecule has 12 nitrogen and oxygen atoms in total. The first-order chi connectivity index (χ1) is 22.0. The van der Waals surface area contributed by atoms with Gasteiger partial charge in [0.25, 0.3) is 0 Å². The molecule has 0 radical (unpaired) electrons. The van der Waals surface area contributed by atoms with Crippen LogP contribution in [0.4, 0.5) is 10.7 Å². The number of sulfone groups is 1. The highest BCUT2D eigenvalue weighted by Gasteiger charge is 2.22. The Morgan fingerprint density at radius 2 is 1.65 bits per heavy atom. The minimum Gasteiger partial charge on any atom is -0.465 e. The number of likely N-dealkylation sites (tertiary alicyclic amines) is 1. The Kier molecular flexibility index (Phi) is 11.5.